The summed E-state index contributed by atoms with van der Waals surface area (Å²) in [4.78, 5) is 26.0. The van der Waals surface area contributed by atoms with Gasteiger partial charge in [0.1, 0.15) is 11.9 Å². The molecule has 7 heteroatoms. The molecule has 1 saturated heterocycles. The van der Waals surface area contributed by atoms with Crippen molar-refractivity contribution in [2.24, 2.45) is 0 Å². The maximum absolute atomic E-state index is 13.1. The van der Waals surface area contributed by atoms with E-state index in [0.29, 0.717) is 18.7 Å². The number of rotatable bonds is 6. The number of carbonyl (C=O) groups excluding carboxylic acids is 2. The lowest BCUT2D eigenvalue weighted by molar-refractivity contribution is -0.128. The van der Waals surface area contributed by atoms with Gasteiger partial charge in [-0.1, -0.05) is 23.7 Å². The lowest BCUT2D eigenvalue weighted by Gasteiger charge is -2.18. The molecule has 0 saturated carbocycles. The molecule has 2 aromatic carbocycles. The molecule has 142 valence electrons. The lowest BCUT2D eigenvalue weighted by atomic mass is 10.1. The summed E-state index contributed by atoms with van der Waals surface area (Å²) in [6, 6.07) is 10.9. The van der Waals surface area contributed by atoms with Gasteiger partial charge in [0.05, 0.1) is 10.7 Å². The molecule has 2 aromatic rings. The maximum Gasteiger partial charge on any atom is 0.246 e. The van der Waals surface area contributed by atoms with Crippen molar-refractivity contribution in [2.75, 3.05) is 17.2 Å². The highest BCUT2D eigenvalue weighted by atomic mass is 35.5. The number of nitrogens with one attached hydrogen (secondary N) is 2. The molecular weight excluding hydrogens is 369 g/mol. The van der Waals surface area contributed by atoms with E-state index in [9.17, 15) is 14.0 Å². The zero-order valence-corrected chi connectivity index (χ0v) is 15.7. The van der Waals surface area contributed by atoms with Crippen molar-refractivity contribution >= 4 is 34.8 Å². The monoisotopic (exact) mass is 389 g/mol. The number of nitrogens with zero attached hydrogens (tertiary/aromatic N) is 1. The van der Waals surface area contributed by atoms with Gasteiger partial charge < -0.3 is 15.5 Å². The molecule has 0 radical (unpaired) electrons. The number of amides is 2. The van der Waals surface area contributed by atoms with E-state index < -0.39 is 11.9 Å². The van der Waals surface area contributed by atoms with Crippen LogP contribution in [0.25, 0.3) is 0 Å². The first kappa shape index (κ1) is 19.2. The molecule has 1 aliphatic heterocycles. The Labute approximate surface area is 162 Å². The number of likely N-dealkylation sites (tertiary alicyclic amines) is 1. The van der Waals surface area contributed by atoms with E-state index in [1.807, 2.05) is 29.2 Å². The summed E-state index contributed by atoms with van der Waals surface area (Å²) in [5.74, 6) is -0.571. The topological polar surface area (TPSA) is 61.4 Å². The first-order chi connectivity index (χ1) is 12.9. The fourth-order valence-corrected chi connectivity index (χ4v) is 3.21. The summed E-state index contributed by atoms with van der Waals surface area (Å²) in [5, 5.41) is 5.97. The molecule has 0 aromatic heterocycles. The van der Waals surface area contributed by atoms with Gasteiger partial charge in [-0.3, -0.25) is 9.59 Å². The second-order valence-electron chi connectivity index (χ2n) is 6.60. The number of hydrogen-bond donors (Lipinski definition) is 2. The highest BCUT2D eigenvalue weighted by Crippen LogP contribution is 2.23. The van der Waals surface area contributed by atoms with Crippen LogP contribution in [0.4, 0.5) is 15.8 Å². The molecule has 1 unspecified atom stereocenters. The number of benzene rings is 2. The molecule has 27 heavy (non-hydrogen) atoms. The summed E-state index contributed by atoms with van der Waals surface area (Å²) < 4.78 is 13.1. The summed E-state index contributed by atoms with van der Waals surface area (Å²) in [7, 11) is 0. The second kappa shape index (κ2) is 8.39. The normalized spacial score (nSPS) is 14.9. The second-order valence-corrected chi connectivity index (χ2v) is 7.01. The lowest BCUT2D eigenvalue weighted by Crippen LogP contribution is -2.32. The van der Waals surface area contributed by atoms with E-state index in [-0.39, 0.29) is 16.8 Å². The van der Waals surface area contributed by atoms with Gasteiger partial charge in [0, 0.05) is 25.2 Å². The zero-order chi connectivity index (χ0) is 19.4. The molecule has 0 spiro atoms. The minimum Gasteiger partial charge on any atom is -0.374 e. The van der Waals surface area contributed by atoms with Crippen LogP contribution in [0.15, 0.2) is 42.5 Å². The van der Waals surface area contributed by atoms with Crippen molar-refractivity contribution in [1.29, 1.82) is 0 Å². The highest BCUT2D eigenvalue weighted by Gasteiger charge is 2.20. The largest absolute Gasteiger partial charge is 0.374 e. The van der Waals surface area contributed by atoms with E-state index in [1.165, 1.54) is 12.1 Å². The van der Waals surface area contributed by atoms with Crippen LogP contribution >= 0.6 is 11.6 Å². The van der Waals surface area contributed by atoms with Gasteiger partial charge in [-0.2, -0.15) is 0 Å². The summed E-state index contributed by atoms with van der Waals surface area (Å²) >= 11 is 5.94. The quantitative estimate of drug-likeness (QED) is 0.783. The molecule has 1 heterocycles. The molecule has 1 atom stereocenters. The summed E-state index contributed by atoms with van der Waals surface area (Å²) in [6.07, 6.45) is 1.51. The Kier molecular flexibility index (Phi) is 5.96. The Morgan fingerprint density at radius 1 is 1.30 bits per heavy atom. The van der Waals surface area contributed by atoms with Crippen LogP contribution in [0.3, 0.4) is 0 Å². The molecule has 2 amide bonds. The van der Waals surface area contributed by atoms with Crippen molar-refractivity contribution in [3.05, 3.63) is 58.9 Å². The summed E-state index contributed by atoms with van der Waals surface area (Å²) in [6.45, 7) is 3.08. The molecule has 5 nitrogen and oxygen atoms in total. The third-order valence-electron chi connectivity index (χ3n) is 4.44. The van der Waals surface area contributed by atoms with Gasteiger partial charge in [0.15, 0.2) is 0 Å². The van der Waals surface area contributed by atoms with Crippen LogP contribution in [0.5, 0.6) is 0 Å². The Bertz CT molecular complexity index is 859. The van der Waals surface area contributed by atoms with Crippen molar-refractivity contribution in [1.82, 2.24) is 4.90 Å². The smallest absolute Gasteiger partial charge is 0.246 e. The Morgan fingerprint density at radius 2 is 2.11 bits per heavy atom. The minimum atomic E-state index is -0.533. The molecule has 3 rings (SSSR count). The third kappa shape index (κ3) is 4.98. The Balaban J connectivity index is 1.61. The fraction of sp³-hybridized carbons (Fsp3) is 0.300. The van der Waals surface area contributed by atoms with Crippen LogP contribution in [-0.2, 0) is 16.1 Å². The third-order valence-corrected chi connectivity index (χ3v) is 4.75. The predicted molar refractivity (Wildman–Crippen MR) is 104 cm³/mol. The van der Waals surface area contributed by atoms with Crippen molar-refractivity contribution in [3.63, 3.8) is 0 Å². The SMILES string of the molecule is CC(Nc1cccc(CN2CCCC2=O)c1)C(=O)Nc1ccc(F)cc1Cl. The molecule has 1 fully saturated rings. The van der Waals surface area contributed by atoms with Gasteiger partial charge in [0.2, 0.25) is 11.8 Å². The molecule has 0 aliphatic carbocycles. The number of hydrogen-bond acceptors (Lipinski definition) is 3. The van der Waals surface area contributed by atoms with E-state index >= 15 is 0 Å². The van der Waals surface area contributed by atoms with Gasteiger partial charge in [0.25, 0.3) is 0 Å². The number of halogens is 2. The van der Waals surface area contributed by atoms with Crippen molar-refractivity contribution in [3.8, 4) is 0 Å². The summed E-state index contributed by atoms with van der Waals surface area (Å²) in [5.41, 5.74) is 2.15. The van der Waals surface area contributed by atoms with Crippen molar-refractivity contribution < 1.29 is 14.0 Å². The standard InChI is InChI=1S/C20H21ClFN3O2/c1-13(20(27)24-18-8-7-15(22)11-17(18)21)23-16-5-2-4-14(10-16)12-25-9-3-6-19(25)26/h2,4-5,7-8,10-11,13,23H,3,6,9,12H2,1H3,(H,24,27). The highest BCUT2D eigenvalue weighted by molar-refractivity contribution is 6.33. The fourth-order valence-electron chi connectivity index (χ4n) is 3.00. The van der Waals surface area contributed by atoms with E-state index in [0.717, 1.165) is 30.3 Å². The maximum atomic E-state index is 13.1. The first-order valence-electron chi connectivity index (χ1n) is 8.81. The molecule has 1 aliphatic rings. The van der Waals surface area contributed by atoms with E-state index in [1.54, 1.807) is 6.92 Å². The van der Waals surface area contributed by atoms with E-state index in [4.69, 9.17) is 11.6 Å². The number of anilines is 2. The van der Waals surface area contributed by atoms with Gasteiger partial charge in [-0.25, -0.2) is 4.39 Å². The van der Waals surface area contributed by atoms with Gasteiger partial charge >= 0.3 is 0 Å². The molecule has 0 bridgehead atoms. The van der Waals surface area contributed by atoms with Crippen LogP contribution < -0.4 is 10.6 Å². The van der Waals surface area contributed by atoms with Gasteiger partial charge in [-0.05, 0) is 49.2 Å². The Morgan fingerprint density at radius 3 is 2.81 bits per heavy atom. The van der Waals surface area contributed by atoms with Crippen LogP contribution in [0, 0.1) is 5.82 Å². The van der Waals surface area contributed by atoms with E-state index in [2.05, 4.69) is 10.6 Å². The zero-order valence-electron chi connectivity index (χ0n) is 15.0. The van der Waals surface area contributed by atoms with Crippen LogP contribution in [-0.4, -0.2) is 29.3 Å². The van der Waals surface area contributed by atoms with Crippen molar-refractivity contribution in [2.45, 2.75) is 32.4 Å². The average molecular weight is 390 g/mol. The minimum absolute atomic E-state index is 0.146. The van der Waals surface area contributed by atoms with Crippen LogP contribution in [0.2, 0.25) is 5.02 Å². The number of carbonyl (C=O) groups is 2. The Hall–Kier alpha value is -2.60. The molecule has 2 N–H and O–H groups in total. The molecular formula is C20H21ClFN3O2. The average Bonchev–Trinajstić information content (AvgIpc) is 3.02. The predicted octanol–water partition coefficient (Wildman–Crippen LogP) is 4.04. The van der Waals surface area contributed by atoms with Crippen LogP contribution in [0.1, 0.15) is 25.3 Å². The van der Waals surface area contributed by atoms with Gasteiger partial charge in [-0.15, -0.1) is 0 Å². The first-order valence-corrected chi connectivity index (χ1v) is 9.19.